The Morgan fingerprint density at radius 3 is 2.75 bits per heavy atom. The van der Waals surface area contributed by atoms with Crippen molar-refractivity contribution >= 4 is 22.6 Å². The summed E-state index contributed by atoms with van der Waals surface area (Å²) in [6, 6.07) is 8.30. The molecule has 0 spiro atoms. The third-order valence-corrected chi connectivity index (χ3v) is 5.16. The smallest absolute Gasteiger partial charge is 0.319 e. The highest BCUT2D eigenvalue weighted by molar-refractivity contribution is 5.93. The molecule has 0 bridgehead atoms. The molecular formula is C20H29N3O. The zero-order valence-corrected chi connectivity index (χ0v) is 14.8. The highest BCUT2D eigenvalue weighted by Gasteiger charge is 2.22. The summed E-state index contributed by atoms with van der Waals surface area (Å²) in [5.74, 6) is 0.866. The molecule has 4 nitrogen and oxygen atoms in total. The second kappa shape index (κ2) is 7.73. The number of aryl methyl sites for hydroxylation is 1. The number of carbonyl (C=O) groups excluding carboxylic acids is 1. The SMILES string of the molecule is CCCCC1CCC(NC(=O)Nc2ccc3[nH]c(C)cc3c2)CC1. The lowest BCUT2D eigenvalue weighted by Gasteiger charge is -2.29. The van der Waals surface area contributed by atoms with Gasteiger partial charge in [-0.15, -0.1) is 0 Å². The summed E-state index contributed by atoms with van der Waals surface area (Å²) >= 11 is 0. The van der Waals surface area contributed by atoms with E-state index < -0.39 is 0 Å². The van der Waals surface area contributed by atoms with Crippen LogP contribution in [0.3, 0.4) is 0 Å². The van der Waals surface area contributed by atoms with Crippen LogP contribution in [0.4, 0.5) is 10.5 Å². The van der Waals surface area contributed by atoms with Crippen LogP contribution in [0.1, 0.15) is 57.6 Å². The Hall–Kier alpha value is -1.97. The molecule has 2 amide bonds. The number of benzene rings is 1. The van der Waals surface area contributed by atoms with Crippen molar-refractivity contribution in [3.63, 3.8) is 0 Å². The molecule has 1 aliphatic rings. The Morgan fingerprint density at radius 1 is 1.21 bits per heavy atom. The van der Waals surface area contributed by atoms with Crippen molar-refractivity contribution in [1.29, 1.82) is 0 Å². The number of urea groups is 1. The van der Waals surface area contributed by atoms with Crippen molar-refractivity contribution < 1.29 is 4.79 Å². The molecule has 1 saturated carbocycles. The molecule has 0 radical (unpaired) electrons. The maximum atomic E-state index is 12.2. The average Bonchev–Trinajstić information content (AvgIpc) is 2.93. The summed E-state index contributed by atoms with van der Waals surface area (Å²) in [5, 5.41) is 7.24. The summed E-state index contributed by atoms with van der Waals surface area (Å²) in [4.78, 5) is 15.5. The fraction of sp³-hybridized carbons (Fsp3) is 0.550. The molecule has 0 saturated heterocycles. The second-order valence-electron chi connectivity index (χ2n) is 7.21. The highest BCUT2D eigenvalue weighted by atomic mass is 16.2. The van der Waals surface area contributed by atoms with Crippen molar-refractivity contribution in [2.75, 3.05) is 5.32 Å². The number of carbonyl (C=O) groups is 1. The number of nitrogens with one attached hydrogen (secondary N) is 3. The van der Waals surface area contributed by atoms with Gasteiger partial charge in [0.05, 0.1) is 0 Å². The molecule has 2 aromatic rings. The van der Waals surface area contributed by atoms with Gasteiger partial charge < -0.3 is 15.6 Å². The summed E-state index contributed by atoms with van der Waals surface area (Å²) < 4.78 is 0. The van der Waals surface area contributed by atoms with Gasteiger partial charge in [-0.3, -0.25) is 0 Å². The van der Waals surface area contributed by atoms with Crippen LogP contribution in [0.15, 0.2) is 24.3 Å². The van der Waals surface area contributed by atoms with E-state index >= 15 is 0 Å². The number of H-pyrrole nitrogens is 1. The molecule has 3 N–H and O–H groups in total. The van der Waals surface area contributed by atoms with Crippen LogP contribution < -0.4 is 10.6 Å². The fourth-order valence-corrected chi connectivity index (χ4v) is 3.80. The van der Waals surface area contributed by atoms with Gasteiger partial charge in [0, 0.05) is 28.3 Å². The third kappa shape index (κ3) is 4.31. The van der Waals surface area contributed by atoms with E-state index in [1.807, 2.05) is 25.1 Å². The van der Waals surface area contributed by atoms with E-state index in [-0.39, 0.29) is 6.03 Å². The van der Waals surface area contributed by atoms with E-state index in [0.29, 0.717) is 6.04 Å². The number of unbranched alkanes of at least 4 members (excludes halogenated alkanes) is 1. The van der Waals surface area contributed by atoms with E-state index in [2.05, 4.69) is 28.6 Å². The van der Waals surface area contributed by atoms with Gasteiger partial charge in [0.1, 0.15) is 0 Å². The Kier molecular flexibility index (Phi) is 5.44. The Bertz CT molecular complexity index is 683. The molecule has 24 heavy (non-hydrogen) atoms. The molecule has 1 fully saturated rings. The van der Waals surface area contributed by atoms with Gasteiger partial charge in [-0.1, -0.05) is 26.2 Å². The monoisotopic (exact) mass is 327 g/mol. The Labute approximate surface area is 144 Å². The van der Waals surface area contributed by atoms with Crippen molar-refractivity contribution in [2.24, 2.45) is 5.92 Å². The lowest BCUT2D eigenvalue weighted by Crippen LogP contribution is -2.40. The van der Waals surface area contributed by atoms with Gasteiger partial charge >= 0.3 is 6.03 Å². The van der Waals surface area contributed by atoms with Gasteiger partial charge in [0.2, 0.25) is 0 Å². The number of aromatic amines is 1. The maximum Gasteiger partial charge on any atom is 0.319 e. The quantitative estimate of drug-likeness (QED) is 0.681. The summed E-state index contributed by atoms with van der Waals surface area (Å²) in [6.45, 7) is 4.29. The van der Waals surface area contributed by atoms with Crippen molar-refractivity contribution in [2.45, 2.75) is 64.8 Å². The van der Waals surface area contributed by atoms with E-state index in [0.717, 1.165) is 41.0 Å². The van der Waals surface area contributed by atoms with Crippen LogP contribution in [0.5, 0.6) is 0 Å². The first-order valence-corrected chi connectivity index (χ1v) is 9.31. The standard InChI is InChI=1S/C20H29N3O/c1-3-4-5-15-6-8-17(9-7-15)22-20(24)23-18-10-11-19-16(13-18)12-14(2)21-19/h10-13,15,17,21H,3-9H2,1-2H3,(H2,22,23,24). The zero-order chi connectivity index (χ0) is 16.9. The number of fused-ring (bicyclic) bond motifs is 1. The van der Waals surface area contributed by atoms with Crippen molar-refractivity contribution in [3.8, 4) is 0 Å². The van der Waals surface area contributed by atoms with Gasteiger partial charge in [-0.05, 0) is 62.8 Å². The molecule has 0 aliphatic heterocycles. The van der Waals surface area contributed by atoms with Gasteiger partial charge in [0.25, 0.3) is 0 Å². The molecule has 4 heteroatoms. The minimum Gasteiger partial charge on any atom is -0.359 e. The number of aromatic nitrogens is 1. The summed E-state index contributed by atoms with van der Waals surface area (Å²) in [7, 11) is 0. The second-order valence-corrected chi connectivity index (χ2v) is 7.21. The molecule has 3 rings (SSSR count). The first-order chi connectivity index (χ1) is 11.6. The largest absolute Gasteiger partial charge is 0.359 e. The van der Waals surface area contributed by atoms with Crippen molar-refractivity contribution in [1.82, 2.24) is 10.3 Å². The van der Waals surface area contributed by atoms with E-state index in [1.54, 1.807) is 0 Å². The van der Waals surface area contributed by atoms with Crippen LogP contribution in [-0.4, -0.2) is 17.1 Å². The minimum atomic E-state index is -0.0846. The van der Waals surface area contributed by atoms with Crippen LogP contribution in [0, 0.1) is 12.8 Å². The first kappa shape index (κ1) is 16.9. The Morgan fingerprint density at radius 2 is 2.00 bits per heavy atom. The van der Waals surface area contributed by atoms with E-state index in [4.69, 9.17) is 0 Å². The first-order valence-electron chi connectivity index (χ1n) is 9.31. The van der Waals surface area contributed by atoms with Crippen LogP contribution >= 0.6 is 0 Å². The lowest BCUT2D eigenvalue weighted by atomic mass is 9.83. The highest BCUT2D eigenvalue weighted by Crippen LogP contribution is 2.28. The van der Waals surface area contributed by atoms with Crippen molar-refractivity contribution in [3.05, 3.63) is 30.0 Å². The minimum absolute atomic E-state index is 0.0846. The predicted octanol–water partition coefficient (Wildman–Crippen LogP) is 5.35. The molecular weight excluding hydrogens is 298 g/mol. The predicted molar refractivity (Wildman–Crippen MR) is 100 cm³/mol. The topological polar surface area (TPSA) is 56.9 Å². The molecule has 0 unspecified atom stereocenters. The zero-order valence-electron chi connectivity index (χ0n) is 14.8. The molecule has 1 heterocycles. The summed E-state index contributed by atoms with van der Waals surface area (Å²) in [6.07, 6.45) is 8.69. The average molecular weight is 327 g/mol. The number of anilines is 1. The number of rotatable bonds is 5. The molecule has 1 aromatic heterocycles. The van der Waals surface area contributed by atoms with Gasteiger partial charge in [0.15, 0.2) is 0 Å². The molecule has 0 atom stereocenters. The third-order valence-electron chi connectivity index (χ3n) is 5.16. The molecule has 1 aromatic carbocycles. The normalized spacial score (nSPS) is 20.9. The number of amides is 2. The van der Waals surface area contributed by atoms with Gasteiger partial charge in [-0.25, -0.2) is 4.79 Å². The molecule has 1 aliphatic carbocycles. The number of hydrogen-bond acceptors (Lipinski definition) is 1. The maximum absolute atomic E-state index is 12.2. The van der Waals surface area contributed by atoms with E-state index in [9.17, 15) is 4.79 Å². The van der Waals surface area contributed by atoms with Crippen LogP contribution in [0.25, 0.3) is 10.9 Å². The number of hydrogen-bond donors (Lipinski definition) is 3. The van der Waals surface area contributed by atoms with Gasteiger partial charge in [-0.2, -0.15) is 0 Å². The lowest BCUT2D eigenvalue weighted by molar-refractivity contribution is 0.235. The summed E-state index contributed by atoms with van der Waals surface area (Å²) in [5.41, 5.74) is 3.07. The van der Waals surface area contributed by atoms with Crippen LogP contribution in [0.2, 0.25) is 0 Å². The fourth-order valence-electron chi connectivity index (χ4n) is 3.80. The van der Waals surface area contributed by atoms with Crippen LogP contribution in [-0.2, 0) is 0 Å². The Balaban J connectivity index is 1.48. The van der Waals surface area contributed by atoms with E-state index in [1.165, 1.54) is 32.1 Å². The molecule has 130 valence electrons.